The van der Waals surface area contributed by atoms with Crippen LogP contribution in [0.1, 0.15) is 25.1 Å². The van der Waals surface area contributed by atoms with Crippen molar-refractivity contribution in [3.05, 3.63) is 42.5 Å². The fourth-order valence-corrected chi connectivity index (χ4v) is 4.52. The number of rotatable bonds is 3. The lowest BCUT2D eigenvalue weighted by Gasteiger charge is -2.28. The van der Waals surface area contributed by atoms with Gasteiger partial charge in [0.2, 0.25) is 0 Å². The number of nitrogens with one attached hydrogen (secondary N) is 2. The molecule has 1 aliphatic heterocycles. The number of H-pyrrole nitrogens is 2. The van der Waals surface area contributed by atoms with E-state index in [1.165, 1.54) is 19.3 Å². The molecule has 156 valence electrons. The molecule has 0 bridgehead atoms. The number of hydrogen-bond donors (Lipinski definition) is 2. The summed E-state index contributed by atoms with van der Waals surface area (Å²) in [5.41, 5.74) is 6.81. The number of piperidine rings is 1. The maximum Gasteiger partial charge on any atom is 0.161 e. The number of anilines is 1. The summed E-state index contributed by atoms with van der Waals surface area (Å²) in [7, 11) is 2.03. The molecule has 0 saturated carbocycles. The second-order valence-electron chi connectivity index (χ2n) is 8.24. The first kappa shape index (κ1) is 18.1. The average molecular weight is 413 g/mol. The van der Waals surface area contributed by atoms with E-state index in [-0.39, 0.29) is 0 Å². The molecule has 5 heterocycles. The van der Waals surface area contributed by atoms with Crippen LogP contribution in [0.25, 0.3) is 44.8 Å². The van der Waals surface area contributed by atoms with Crippen molar-refractivity contribution in [3.63, 3.8) is 0 Å². The van der Waals surface area contributed by atoms with Crippen molar-refractivity contribution in [2.45, 2.75) is 26.2 Å². The molecule has 4 aromatic heterocycles. The monoisotopic (exact) mass is 412 g/mol. The van der Waals surface area contributed by atoms with E-state index in [0.717, 1.165) is 69.4 Å². The number of benzene rings is 1. The van der Waals surface area contributed by atoms with Gasteiger partial charge in [-0.05, 0) is 44.4 Å². The van der Waals surface area contributed by atoms with Gasteiger partial charge < -0.3 is 14.5 Å². The van der Waals surface area contributed by atoms with Crippen molar-refractivity contribution < 1.29 is 0 Å². The minimum atomic E-state index is 0.733. The predicted octanol–water partition coefficient (Wildman–Crippen LogP) is 4.20. The molecule has 0 amide bonds. The summed E-state index contributed by atoms with van der Waals surface area (Å²) in [6.07, 6.45) is 7.52. The molecule has 0 aliphatic carbocycles. The zero-order valence-corrected chi connectivity index (χ0v) is 17.7. The van der Waals surface area contributed by atoms with Gasteiger partial charge in [0.25, 0.3) is 0 Å². The lowest BCUT2D eigenvalue weighted by molar-refractivity contribution is 0.578. The molecule has 0 atom stereocenters. The molecule has 1 aliphatic rings. The highest BCUT2D eigenvalue weighted by Gasteiger charge is 2.19. The van der Waals surface area contributed by atoms with Gasteiger partial charge in [-0.25, -0.2) is 15.0 Å². The highest BCUT2D eigenvalue weighted by atomic mass is 15.2. The van der Waals surface area contributed by atoms with Gasteiger partial charge in [-0.15, -0.1) is 0 Å². The standard InChI is InChI=1S/C23H24N8/c1-14-25-13-19(30(14)2)15-6-7-17-16(12-15)20(29-28-17)23-26-21-18(8-9-24-22(21)27-23)31-10-4-3-5-11-31/h6-9,12-13H,3-5,10-11H2,1-2H3,(H,28,29)(H,24,26,27). The predicted molar refractivity (Wildman–Crippen MR) is 122 cm³/mol. The Bertz CT molecular complexity index is 1400. The largest absolute Gasteiger partial charge is 0.370 e. The van der Waals surface area contributed by atoms with Gasteiger partial charge in [-0.2, -0.15) is 5.10 Å². The highest BCUT2D eigenvalue weighted by molar-refractivity contribution is 5.96. The van der Waals surface area contributed by atoms with Crippen LogP contribution in [0.4, 0.5) is 5.69 Å². The van der Waals surface area contributed by atoms with Gasteiger partial charge in [0.1, 0.15) is 17.0 Å². The van der Waals surface area contributed by atoms with Crippen LogP contribution >= 0.6 is 0 Å². The van der Waals surface area contributed by atoms with Gasteiger partial charge >= 0.3 is 0 Å². The molecule has 2 N–H and O–H groups in total. The number of nitrogens with zero attached hydrogens (tertiary/aromatic N) is 6. The van der Waals surface area contributed by atoms with E-state index in [1.54, 1.807) is 0 Å². The minimum absolute atomic E-state index is 0.733. The second kappa shape index (κ2) is 6.94. The Hall–Kier alpha value is -3.68. The Morgan fingerprint density at radius 2 is 1.90 bits per heavy atom. The fraction of sp³-hybridized carbons (Fsp3) is 0.304. The summed E-state index contributed by atoms with van der Waals surface area (Å²) >= 11 is 0. The smallest absolute Gasteiger partial charge is 0.161 e. The molecule has 0 radical (unpaired) electrons. The molecule has 8 heteroatoms. The third kappa shape index (κ3) is 2.90. The highest BCUT2D eigenvalue weighted by Crippen LogP contribution is 2.32. The third-order valence-electron chi connectivity index (χ3n) is 6.36. The van der Waals surface area contributed by atoms with E-state index < -0.39 is 0 Å². The minimum Gasteiger partial charge on any atom is -0.370 e. The topological polar surface area (TPSA) is 91.3 Å². The van der Waals surface area contributed by atoms with Crippen LogP contribution in [0.5, 0.6) is 0 Å². The quantitative estimate of drug-likeness (QED) is 0.463. The van der Waals surface area contributed by atoms with Crippen LogP contribution in [0.15, 0.2) is 36.7 Å². The summed E-state index contributed by atoms with van der Waals surface area (Å²) in [5.74, 6) is 1.72. The van der Waals surface area contributed by atoms with Gasteiger partial charge in [-0.3, -0.25) is 5.10 Å². The molecule has 1 fully saturated rings. The number of aromatic amines is 2. The van der Waals surface area contributed by atoms with Crippen LogP contribution in [0, 0.1) is 6.92 Å². The second-order valence-corrected chi connectivity index (χ2v) is 8.24. The zero-order valence-electron chi connectivity index (χ0n) is 17.7. The average Bonchev–Trinajstić information content (AvgIpc) is 3.50. The van der Waals surface area contributed by atoms with Gasteiger partial charge in [0, 0.05) is 37.3 Å². The van der Waals surface area contributed by atoms with Crippen molar-refractivity contribution in [2.75, 3.05) is 18.0 Å². The maximum absolute atomic E-state index is 4.94. The van der Waals surface area contributed by atoms with E-state index in [0.29, 0.717) is 0 Å². The first-order valence-corrected chi connectivity index (χ1v) is 10.8. The Labute approximate surface area is 179 Å². The first-order chi connectivity index (χ1) is 15.2. The molecule has 1 aromatic carbocycles. The van der Waals surface area contributed by atoms with Crippen molar-refractivity contribution in [2.24, 2.45) is 7.05 Å². The molecule has 6 rings (SSSR count). The molecule has 31 heavy (non-hydrogen) atoms. The summed E-state index contributed by atoms with van der Waals surface area (Å²) < 4.78 is 2.09. The lowest BCUT2D eigenvalue weighted by Crippen LogP contribution is -2.29. The van der Waals surface area contributed by atoms with Crippen molar-refractivity contribution in [1.82, 2.24) is 34.7 Å². The fourth-order valence-electron chi connectivity index (χ4n) is 4.52. The maximum atomic E-state index is 4.94. The number of fused-ring (bicyclic) bond motifs is 2. The molecule has 1 saturated heterocycles. The van der Waals surface area contributed by atoms with Crippen molar-refractivity contribution >= 4 is 27.8 Å². The summed E-state index contributed by atoms with van der Waals surface area (Å²) in [5, 5.41) is 8.75. The molecule has 0 unspecified atom stereocenters. The van der Waals surface area contributed by atoms with Crippen LogP contribution in [0.3, 0.4) is 0 Å². The van der Waals surface area contributed by atoms with Crippen LogP contribution < -0.4 is 4.90 Å². The summed E-state index contributed by atoms with van der Waals surface area (Å²) in [6, 6.07) is 8.37. The van der Waals surface area contributed by atoms with Crippen LogP contribution in [-0.4, -0.2) is 47.8 Å². The SMILES string of the molecule is Cc1ncc(-c2ccc3[nH]nc(-c4nc5c(N6CCCCC6)ccnc5[nH]4)c3c2)n1C. The number of pyridine rings is 1. The van der Waals surface area contributed by atoms with Gasteiger partial charge in [-0.1, -0.05) is 6.07 Å². The van der Waals surface area contributed by atoms with E-state index in [1.807, 2.05) is 26.4 Å². The number of imidazole rings is 2. The van der Waals surface area contributed by atoms with Gasteiger partial charge in [0.05, 0.1) is 23.1 Å². The van der Waals surface area contributed by atoms with Crippen molar-refractivity contribution in [1.29, 1.82) is 0 Å². The molecule has 0 spiro atoms. The Kier molecular flexibility index (Phi) is 4.05. The van der Waals surface area contributed by atoms with Crippen molar-refractivity contribution in [3.8, 4) is 22.8 Å². The van der Waals surface area contributed by atoms with Crippen LogP contribution in [0.2, 0.25) is 0 Å². The van der Waals surface area contributed by atoms with E-state index in [4.69, 9.17) is 4.98 Å². The van der Waals surface area contributed by atoms with E-state index in [2.05, 4.69) is 58.9 Å². The zero-order chi connectivity index (χ0) is 20.9. The van der Waals surface area contributed by atoms with Gasteiger partial charge in [0.15, 0.2) is 11.5 Å². The van der Waals surface area contributed by atoms with E-state index in [9.17, 15) is 0 Å². The Morgan fingerprint density at radius 3 is 2.71 bits per heavy atom. The number of hydrogen-bond acceptors (Lipinski definition) is 5. The normalized spacial score (nSPS) is 14.7. The lowest BCUT2D eigenvalue weighted by atomic mass is 10.1. The van der Waals surface area contributed by atoms with E-state index >= 15 is 0 Å². The number of aromatic nitrogens is 7. The molecular weight excluding hydrogens is 388 g/mol. The Morgan fingerprint density at radius 1 is 1.03 bits per heavy atom. The van der Waals surface area contributed by atoms with Crippen LogP contribution in [-0.2, 0) is 7.05 Å². The molecule has 5 aromatic rings. The Balaban J connectivity index is 1.47. The molecular formula is C23H24N8. The first-order valence-electron chi connectivity index (χ1n) is 10.8. The summed E-state index contributed by atoms with van der Waals surface area (Å²) in [6.45, 7) is 4.15. The third-order valence-corrected chi connectivity index (χ3v) is 6.36. The number of aryl methyl sites for hydroxylation is 1. The summed E-state index contributed by atoms with van der Waals surface area (Å²) in [4.78, 5) is 19.7. The molecule has 8 nitrogen and oxygen atoms in total.